The average Bonchev–Trinajstić information content (AvgIpc) is 3.48. The number of hydrogen-bond acceptors (Lipinski definition) is 7. The number of thioether (sulfide) groups is 1. The lowest BCUT2D eigenvalue weighted by atomic mass is 10.2. The molecule has 0 radical (unpaired) electrons. The van der Waals surface area contributed by atoms with E-state index in [1.165, 1.54) is 23.1 Å². The molecule has 2 aromatic heterocycles. The molecule has 0 fully saturated rings. The van der Waals surface area contributed by atoms with Crippen LogP contribution in [0.4, 0.5) is 10.8 Å². The van der Waals surface area contributed by atoms with E-state index in [1.54, 1.807) is 97.3 Å². The van der Waals surface area contributed by atoms with Gasteiger partial charge < -0.3 is 16.0 Å². The number of nitrogens with zero attached hydrogens (tertiary/aromatic N) is 2. The Morgan fingerprint density at radius 3 is 2.52 bits per heavy atom. The first-order chi connectivity index (χ1) is 21.3. The Morgan fingerprint density at radius 1 is 0.909 bits per heavy atom. The second-order valence-corrected chi connectivity index (χ2v) is 11.9. The first-order valence-electron chi connectivity index (χ1n) is 13.1. The van der Waals surface area contributed by atoms with Gasteiger partial charge in [-0.15, -0.1) is 23.1 Å². The number of thiazole rings is 1. The minimum Gasteiger partial charge on any atom is -0.321 e. The number of nitrogens with one attached hydrogen (secondary N) is 3. The van der Waals surface area contributed by atoms with Gasteiger partial charge in [-0.1, -0.05) is 53.5 Å². The summed E-state index contributed by atoms with van der Waals surface area (Å²) in [5, 5.41) is 11.6. The Bertz CT molecular complexity index is 1830. The van der Waals surface area contributed by atoms with E-state index in [-0.39, 0.29) is 17.4 Å². The molecule has 2 heterocycles. The third-order valence-electron chi connectivity index (χ3n) is 5.94. The Balaban J connectivity index is 1.21. The topological polar surface area (TPSA) is 113 Å². The molecule has 0 saturated heterocycles. The molecule has 5 aromatic rings. The SMILES string of the molecule is O=C(CSc1cccc(NC(=O)/C(=C/c2cccnc2)NC(=O)c2ccccc2)c1)Nc1nc(-c2ccc(Cl)cc2Cl)cs1. The van der Waals surface area contributed by atoms with Crippen molar-refractivity contribution in [3.63, 3.8) is 0 Å². The molecule has 0 unspecified atom stereocenters. The standard InChI is InChI=1S/C32H23Cl2N5O3S2/c33-22-11-12-25(26(34)15-22)28-18-44-32(38-28)39-29(40)19-43-24-10-4-9-23(16-24)36-31(42)27(14-20-6-5-13-35-17-20)37-30(41)21-7-2-1-3-8-21/h1-18H,19H2,(H,36,42)(H,37,41)(H,38,39,40)/b27-14-. The third-order valence-corrected chi connectivity index (χ3v) is 8.24. The van der Waals surface area contributed by atoms with E-state index < -0.39 is 11.8 Å². The summed E-state index contributed by atoms with van der Waals surface area (Å²) in [7, 11) is 0. The van der Waals surface area contributed by atoms with Crippen molar-refractivity contribution in [2.45, 2.75) is 4.90 Å². The minimum atomic E-state index is -0.515. The highest BCUT2D eigenvalue weighted by molar-refractivity contribution is 8.00. The molecule has 0 saturated carbocycles. The highest BCUT2D eigenvalue weighted by Crippen LogP contribution is 2.32. The molecule has 44 heavy (non-hydrogen) atoms. The van der Waals surface area contributed by atoms with Gasteiger partial charge in [-0.25, -0.2) is 4.98 Å². The lowest BCUT2D eigenvalue weighted by Gasteiger charge is -2.12. The third kappa shape index (κ3) is 8.55. The monoisotopic (exact) mass is 659 g/mol. The maximum Gasteiger partial charge on any atom is 0.272 e. The predicted octanol–water partition coefficient (Wildman–Crippen LogP) is 7.65. The Labute approximate surface area is 271 Å². The van der Waals surface area contributed by atoms with Gasteiger partial charge in [-0.3, -0.25) is 19.4 Å². The van der Waals surface area contributed by atoms with Crippen LogP contribution in [0.15, 0.2) is 113 Å². The van der Waals surface area contributed by atoms with Crippen molar-refractivity contribution in [3.8, 4) is 11.3 Å². The zero-order valence-electron chi connectivity index (χ0n) is 22.8. The predicted molar refractivity (Wildman–Crippen MR) is 178 cm³/mol. The number of hydrogen-bond donors (Lipinski definition) is 3. The maximum atomic E-state index is 13.3. The van der Waals surface area contributed by atoms with Gasteiger partial charge in [0.25, 0.3) is 11.8 Å². The summed E-state index contributed by atoms with van der Waals surface area (Å²) in [6.45, 7) is 0. The highest BCUT2D eigenvalue weighted by Gasteiger charge is 2.16. The van der Waals surface area contributed by atoms with Crippen molar-refractivity contribution in [1.29, 1.82) is 0 Å². The average molecular weight is 661 g/mol. The number of carbonyl (C=O) groups excluding carboxylic acids is 3. The molecule has 0 aliphatic rings. The summed E-state index contributed by atoms with van der Waals surface area (Å²) in [4.78, 5) is 48.1. The van der Waals surface area contributed by atoms with Gasteiger partial charge in [-0.05, 0) is 66.2 Å². The van der Waals surface area contributed by atoms with Gasteiger partial charge >= 0.3 is 0 Å². The van der Waals surface area contributed by atoms with Crippen LogP contribution in [0.5, 0.6) is 0 Å². The van der Waals surface area contributed by atoms with Crippen LogP contribution in [0.25, 0.3) is 17.3 Å². The summed E-state index contributed by atoms with van der Waals surface area (Å²) in [5.74, 6) is -1.06. The van der Waals surface area contributed by atoms with Gasteiger partial charge in [-0.2, -0.15) is 0 Å². The van der Waals surface area contributed by atoms with Gasteiger partial charge in [0, 0.05) is 44.5 Å². The lowest BCUT2D eigenvalue weighted by Crippen LogP contribution is -2.30. The summed E-state index contributed by atoms with van der Waals surface area (Å²) < 4.78 is 0. The fourth-order valence-corrected chi connectivity index (χ4v) is 5.88. The molecule has 3 aromatic carbocycles. The van der Waals surface area contributed by atoms with Crippen molar-refractivity contribution in [3.05, 3.63) is 130 Å². The van der Waals surface area contributed by atoms with Crippen LogP contribution in [-0.4, -0.2) is 33.4 Å². The number of amides is 3. The molecule has 3 N–H and O–H groups in total. The van der Waals surface area contributed by atoms with Crippen LogP contribution < -0.4 is 16.0 Å². The van der Waals surface area contributed by atoms with Crippen molar-refractivity contribution in [1.82, 2.24) is 15.3 Å². The Morgan fingerprint density at radius 2 is 1.75 bits per heavy atom. The molecular formula is C32H23Cl2N5O3S2. The number of aromatic nitrogens is 2. The van der Waals surface area contributed by atoms with Crippen LogP contribution in [0, 0.1) is 0 Å². The summed E-state index contributed by atoms with van der Waals surface area (Å²) >= 11 is 14.9. The zero-order valence-corrected chi connectivity index (χ0v) is 25.9. The molecule has 0 aliphatic carbocycles. The van der Waals surface area contributed by atoms with Gasteiger partial charge in [0.05, 0.1) is 16.5 Å². The second-order valence-electron chi connectivity index (χ2n) is 9.15. The fourth-order valence-electron chi connectivity index (χ4n) is 3.89. The van der Waals surface area contributed by atoms with E-state index in [9.17, 15) is 14.4 Å². The molecular weight excluding hydrogens is 637 g/mol. The molecule has 5 rings (SSSR count). The van der Waals surface area contributed by atoms with E-state index in [0.29, 0.717) is 37.7 Å². The van der Waals surface area contributed by atoms with Gasteiger partial charge in [0.1, 0.15) is 5.70 Å². The maximum absolute atomic E-state index is 13.3. The number of benzene rings is 3. The summed E-state index contributed by atoms with van der Waals surface area (Å²) in [6, 6.07) is 24.4. The number of carbonyl (C=O) groups is 3. The number of anilines is 2. The van der Waals surface area contributed by atoms with Crippen LogP contribution in [0.2, 0.25) is 10.0 Å². The molecule has 0 spiro atoms. The van der Waals surface area contributed by atoms with Crippen LogP contribution in [0.3, 0.4) is 0 Å². The Kier molecular flexibility index (Phi) is 10.4. The first-order valence-corrected chi connectivity index (χ1v) is 15.7. The first kappa shape index (κ1) is 31.0. The van der Waals surface area contributed by atoms with Crippen molar-refractivity contribution in [2.24, 2.45) is 0 Å². The van der Waals surface area contributed by atoms with Crippen molar-refractivity contribution in [2.75, 3.05) is 16.4 Å². The summed E-state index contributed by atoms with van der Waals surface area (Å²) in [5.41, 5.74) is 2.96. The van der Waals surface area contributed by atoms with E-state index in [2.05, 4.69) is 25.9 Å². The molecule has 0 atom stereocenters. The van der Waals surface area contributed by atoms with E-state index in [1.807, 2.05) is 11.4 Å². The smallest absolute Gasteiger partial charge is 0.272 e. The normalized spacial score (nSPS) is 11.1. The van der Waals surface area contributed by atoms with E-state index in [4.69, 9.17) is 23.2 Å². The lowest BCUT2D eigenvalue weighted by molar-refractivity contribution is -0.114. The van der Waals surface area contributed by atoms with Gasteiger partial charge in [0.2, 0.25) is 5.91 Å². The summed E-state index contributed by atoms with van der Waals surface area (Å²) in [6.07, 6.45) is 4.76. The number of rotatable bonds is 10. The number of pyridine rings is 1. The quantitative estimate of drug-likeness (QED) is 0.105. The van der Waals surface area contributed by atoms with Crippen molar-refractivity contribution >= 4 is 80.9 Å². The largest absolute Gasteiger partial charge is 0.321 e. The van der Waals surface area contributed by atoms with E-state index >= 15 is 0 Å². The van der Waals surface area contributed by atoms with Crippen LogP contribution in [0.1, 0.15) is 15.9 Å². The van der Waals surface area contributed by atoms with Crippen LogP contribution in [-0.2, 0) is 9.59 Å². The van der Waals surface area contributed by atoms with Crippen LogP contribution >= 0.6 is 46.3 Å². The van der Waals surface area contributed by atoms with E-state index in [0.717, 1.165) is 10.5 Å². The second kappa shape index (κ2) is 14.8. The molecule has 8 nitrogen and oxygen atoms in total. The fraction of sp³-hybridized carbons (Fsp3) is 0.0312. The molecule has 12 heteroatoms. The number of halogens is 2. The Hall–Kier alpha value is -4.48. The van der Waals surface area contributed by atoms with Gasteiger partial charge in [0.15, 0.2) is 5.13 Å². The molecule has 0 bridgehead atoms. The highest BCUT2D eigenvalue weighted by atomic mass is 35.5. The molecule has 220 valence electrons. The zero-order chi connectivity index (χ0) is 30.9. The van der Waals surface area contributed by atoms with Crippen molar-refractivity contribution < 1.29 is 14.4 Å². The molecule has 0 aliphatic heterocycles. The minimum absolute atomic E-state index is 0.0481. The molecule has 3 amide bonds.